The third kappa shape index (κ3) is 8.37. The van der Waals surface area contributed by atoms with Crippen LogP contribution in [0.25, 0.3) is 0 Å². The summed E-state index contributed by atoms with van der Waals surface area (Å²) < 4.78 is 0. The number of carboxylic acid groups (broad SMARTS) is 1. The zero-order valence-corrected chi connectivity index (χ0v) is 18.2. The molecule has 0 heterocycles. The Bertz CT molecular complexity index is 379. The number of hydrogen-bond acceptors (Lipinski definition) is 4. The molecule has 0 aromatic carbocycles. The summed E-state index contributed by atoms with van der Waals surface area (Å²) in [6, 6.07) is -0.690. The second-order valence-corrected chi connectivity index (χ2v) is 8.26. The highest BCUT2D eigenvalue weighted by atomic mass is 35.5. The van der Waals surface area contributed by atoms with Crippen LogP contribution in [0.1, 0.15) is 58.8 Å². The van der Waals surface area contributed by atoms with Gasteiger partial charge in [0.15, 0.2) is 0 Å². The SMILES string of the molecule is CC(C)C[C@H](N)C(=O)O.Cl.Cl.Cl.Cl.NC12CC3CC(C1)CC(N)(C3)C2. The van der Waals surface area contributed by atoms with Crippen molar-refractivity contribution in [3.8, 4) is 0 Å². The third-order valence-corrected chi connectivity index (χ3v) is 5.19. The lowest BCUT2D eigenvalue weighted by atomic mass is 9.50. The fourth-order valence-corrected chi connectivity index (χ4v) is 5.01. The summed E-state index contributed by atoms with van der Waals surface area (Å²) in [5, 5.41) is 8.31. The van der Waals surface area contributed by atoms with E-state index in [0.29, 0.717) is 12.3 Å². The molecule has 5 nitrogen and oxygen atoms in total. The van der Waals surface area contributed by atoms with Gasteiger partial charge in [-0.1, -0.05) is 13.8 Å². The maximum Gasteiger partial charge on any atom is 0.320 e. The van der Waals surface area contributed by atoms with E-state index in [4.69, 9.17) is 22.3 Å². The number of hydrogen-bond donors (Lipinski definition) is 4. The maximum atomic E-state index is 10.1. The number of halogens is 4. The van der Waals surface area contributed by atoms with Crippen LogP contribution in [0.4, 0.5) is 0 Å². The van der Waals surface area contributed by atoms with Gasteiger partial charge in [0.05, 0.1) is 0 Å². The molecule has 4 aliphatic carbocycles. The molecule has 0 unspecified atom stereocenters. The van der Waals surface area contributed by atoms with Gasteiger partial charge in [-0.15, -0.1) is 49.6 Å². The molecule has 0 aromatic heterocycles. The molecule has 0 amide bonds. The highest BCUT2D eigenvalue weighted by Gasteiger charge is 2.54. The average molecular weight is 443 g/mol. The molecule has 0 radical (unpaired) electrons. The van der Waals surface area contributed by atoms with E-state index in [1.54, 1.807) is 0 Å². The Morgan fingerprint density at radius 3 is 1.56 bits per heavy atom. The van der Waals surface area contributed by atoms with Crippen LogP contribution in [0.15, 0.2) is 0 Å². The largest absolute Gasteiger partial charge is 0.480 e. The number of carbonyl (C=O) groups is 1. The molecule has 4 fully saturated rings. The number of rotatable bonds is 3. The topological polar surface area (TPSA) is 115 Å². The Morgan fingerprint density at radius 2 is 1.36 bits per heavy atom. The van der Waals surface area contributed by atoms with Gasteiger partial charge >= 0.3 is 5.97 Å². The summed E-state index contributed by atoms with van der Waals surface area (Å²) in [5.74, 6) is 1.17. The van der Waals surface area contributed by atoms with Crippen LogP contribution >= 0.6 is 49.6 Å². The van der Waals surface area contributed by atoms with Crippen LogP contribution in [0, 0.1) is 17.8 Å². The van der Waals surface area contributed by atoms with Crippen LogP contribution < -0.4 is 17.2 Å². The minimum absolute atomic E-state index is 0. The number of carboxylic acids is 1. The van der Waals surface area contributed by atoms with E-state index < -0.39 is 12.0 Å². The van der Waals surface area contributed by atoms with Crippen molar-refractivity contribution in [1.82, 2.24) is 0 Å². The molecule has 9 heteroatoms. The van der Waals surface area contributed by atoms with Crippen molar-refractivity contribution in [2.75, 3.05) is 0 Å². The van der Waals surface area contributed by atoms with Gasteiger partial charge in [-0.05, 0) is 62.7 Å². The summed E-state index contributed by atoms with van der Waals surface area (Å²) in [5.41, 5.74) is 18.1. The lowest BCUT2D eigenvalue weighted by molar-refractivity contribution is -0.138. The molecule has 154 valence electrons. The molecule has 4 saturated carbocycles. The first-order valence-corrected chi connectivity index (χ1v) is 8.17. The predicted octanol–water partition coefficient (Wildman–Crippen LogP) is 3.13. The Hall–Kier alpha value is 0.510. The van der Waals surface area contributed by atoms with E-state index in [1.165, 1.54) is 32.1 Å². The lowest BCUT2D eigenvalue weighted by Crippen LogP contribution is -2.66. The van der Waals surface area contributed by atoms with Crippen LogP contribution in [0.5, 0.6) is 0 Å². The van der Waals surface area contributed by atoms with Gasteiger partial charge in [-0.25, -0.2) is 0 Å². The zero-order chi connectivity index (χ0) is 15.8. The Balaban J connectivity index is -0.000000347. The standard InChI is InChI=1S/C10H18N2.C6H13NO2.4ClH/c11-9-2-7-1-8(4-9)5-10(12,3-7)6-9;1-4(2)3-5(7)6(8)9;;;;/h7-8H,1-6,11-12H2;4-5H,3,7H2,1-2H3,(H,8,9);4*1H/t;5-;;;;/m.0..../s1. The van der Waals surface area contributed by atoms with E-state index in [1.807, 2.05) is 13.8 Å². The fourth-order valence-electron chi connectivity index (χ4n) is 5.01. The van der Waals surface area contributed by atoms with Crippen LogP contribution in [0.3, 0.4) is 0 Å². The third-order valence-electron chi connectivity index (χ3n) is 5.19. The molecule has 0 saturated heterocycles. The molecule has 4 aliphatic rings. The fraction of sp³-hybridized carbons (Fsp3) is 0.938. The summed E-state index contributed by atoms with van der Waals surface area (Å²) in [6.45, 7) is 3.89. The van der Waals surface area contributed by atoms with Crippen molar-refractivity contribution in [2.24, 2.45) is 35.0 Å². The molecular weight excluding hydrogens is 408 g/mol. The van der Waals surface area contributed by atoms with E-state index in [0.717, 1.165) is 18.3 Å². The highest BCUT2D eigenvalue weighted by Crippen LogP contribution is 2.55. The monoisotopic (exact) mass is 441 g/mol. The first kappa shape index (κ1) is 30.2. The molecule has 0 spiro atoms. The average Bonchev–Trinajstić information content (AvgIpc) is 2.23. The summed E-state index contributed by atoms with van der Waals surface area (Å²) >= 11 is 0. The van der Waals surface area contributed by atoms with Gasteiger partial charge in [0, 0.05) is 11.1 Å². The normalized spacial score (nSPS) is 35.0. The molecule has 0 aliphatic heterocycles. The van der Waals surface area contributed by atoms with Crippen molar-refractivity contribution < 1.29 is 9.90 Å². The smallest absolute Gasteiger partial charge is 0.320 e. The minimum Gasteiger partial charge on any atom is -0.480 e. The van der Waals surface area contributed by atoms with E-state index in [2.05, 4.69) is 0 Å². The molecule has 25 heavy (non-hydrogen) atoms. The Kier molecular flexibility index (Phi) is 13.8. The van der Waals surface area contributed by atoms with Crippen molar-refractivity contribution >= 4 is 55.6 Å². The molecule has 4 bridgehead atoms. The van der Waals surface area contributed by atoms with Gasteiger partial charge in [-0.2, -0.15) is 0 Å². The van der Waals surface area contributed by atoms with Crippen LogP contribution in [-0.2, 0) is 4.79 Å². The summed E-state index contributed by atoms with van der Waals surface area (Å²) in [4.78, 5) is 10.1. The first-order valence-electron chi connectivity index (χ1n) is 8.17. The number of nitrogens with two attached hydrogens (primary N) is 3. The maximum absolute atomic E-state index is 10.1. The van der Waals surface area contributed by atoms with Gasteiger partial charge in [0.1, 0.15) is 6.04 Å². The molecule has 0 aromatic rings. The van der Waals surface area contributed by atoms with Gasteiger partial charge < -0.3 is 22.3 Å². The number of aliphatic carboxylic acids is 1. The van der Waals surface area contributed by atoms with E-state index >= 15 is 0 Å². The quantitative estimate of drug-likeness (QED) is 0.535. The van der Waals surface area contributed by atoms with Gasteiger partial charge in [-0.3, -0.25) is 4.79 Å². The second kappa shape index (κ2) is 11.4. The van der Waals surface area contributed by atoms with Crippen LogP contribution in [-0.4, -0.2) is 28.2 Å². The minimum atomic E-state index is -0.913. The van der Waals surface area contributed by atoms with Crippen molar-refractivity contribution in [3.63, 3.8) is 0 Å². The Morgan fingerprint density at radius 1 is 1.00 bits per heavy atom. The van der Waals surface area contributed by atoms with Crippen LogP contribution in [0.2, 0.25) is 0 Å². The first-order chi connectivity index (χ1) is 9.61. The molecule has 1 atom stereocenters. The van der Waals surface area contributed by atoms with Crippen molar-refractivity contribution in [2.45, 2.75) is 75.9 Å². The van der Waals surface area contributed by atoms with E-state index in [-0.39, 0.29) is 60.7 Å². The van der Waals surface area contributed by atoms with E-state index in [9.17, 15) is 4.79 Å². The van der Waals surface area contributed by atoms with Gasteiger partial charge in [0.25, 0.3) is 0 Å². The van der Waals surface area contributed by atoms with Gasteiger partial charge in [0.2, 0.25) is 0 Å². The molecule has 4 rings (SSSR count). The highest BCUT2D eigenvalue weighted by molar-refractivity contribution is 5.86. The lowest BCUT2D eigenvalue weighted by Gasteiger charge is -2.59. The predicted molar refractivity (Wildman–Crippen MR) is 113 cm³/mol. The second-order valence-electron chi connectivity index (χ2n) is 8.26. The Labute approximate surface area is 176 Å². The molecular formula is C16H35Cl4N3O2. The van der Waals surface area contributed by atoms with Crippen molar-refractivity contribution in [1.29, 1.82) is 0 Å². The zero-order valence-electron chi connectivity index (χ0n) is 15.0. The summed E-state index contributed by atoms with van der Waals surface area (Å²) in [7, 11) is 0. The van der Waals surface area contributed by atoms with Crippen molar-refractivity contribution in [3.05, 3.63) is 0 Å². The molecule has 7 N–H and O–H groups in total. The summed E-state index contributed by atoms with van der Waals surface area (Å²) in [6.07, 6.45) is 8.07.